The topological polar surface area (TPSA) is 42.7 Å². The maximum Gasteiger partial charge on any atom is 0.137 e. The van der Waals surface area contributed by atoms with Crippen molar-refractivity contribution in [3.63, 3.8) is 0 Å². The maximum atomic E-state index is 4.19. The Morgan fingerprint density at radius 1 is 1.20 bits per heavy atom. The predicted octanol–water partition coefficient (Wildman–Crippen LogP) is 2.94. The van der Waals surface area contributed by atoms with Crippen molar-refractivity contribution in [2.75, 3.05) is 0 Å². The van der Waals surface area contributed by atoms with Gasteiger partial charge in [0.25, 0.3) is 0 Å². The van der Waals surface area contributed by atoms with Crippen LogP contribution in [-0.4, -0.2) is 20.8 Å². The Bertz CT molecular complexity index is 488. The molecule has 0 aliphatic heterocycles. The Kier molecular flexibility index (Phi) is 4.43. The molecule has 1 N–H and O–H groups in total. The van der Waals surface area contributed by atoms with Gasteiger partial charge in [0.1, 0.15) is 12.7 Å². The Labute approximate surface area is 120 Å². The summed E-state index contributed by atoms with van der Waals surface area (Å²) in [6.45, 7) is 0.902. The maximum absolute atomic E-state index is 4.19. The fourth-order valence-corrected chi connectivity index (χ4v) is 3.02. The minimum atomic E-state index is 0.406. The smallest absolute Gasteiger partial charge is 0.137 e. The summed E-state index contributed by atoms with van der Waals surface area (Å²) in [6.07, 6.45) is 9.78. The zero-order valence-corrected chi connectivity index (χ0v) is 11.8. The summed E-state index contributed by atoms with van der Waals surface area (Å²) in [6, 6.07) is 11.8. The van der Waals surface area contributed by atoms with Crippen LogP contribution in [0.5, 0.6) is 0 Å². The minimum Gasteiger partial charge on any atom is -0.307 e. The Hall–Kier alpha value is -1.68. The summed E-state index contributed by atoms with van der Waals surface area (Å²) in [5, 5.41) is 8.02. The van der Waals surface area contributed by atoms with Gasteiger partial charge in [0.2, 0.25) is 0 Å². The number of nitrogens with zero attached hydrogens (tertiary/aromatic N) is 3. The molecule has 20 heavy (non-hydrogen) atoms. The van der Waals surface area contributed by atoms with Gasteiger partial charge in [-0.05, 0) is 24.8 Å². The van der Waals surface area contributed by atoms with Crippen molar-refractivity contribution in [1.29, 1.82) is 0 Å². The zero-order chi connectivity index (χ0) is 13.6. The molecule has 1 aromatic carbocycles. The lowest BCUT2D eigenvalue weighted by Gasteiger charge is -2.23. The first-order valence-corrected chi connectivity index (χ1v) is 7.55. The van der Waals surface area contributed by atoms with Crippen LogP contribution in [0.3, 0.4) is 0 Å². The second-order valence-electron chi connectivity index (χ2n) is 5.56. The van der Waals surface area contributed by atoms with Crippen LogP contribution in [0.4, 0.5) is 0 Å². The average Bonchev–Trinajstić information content (AvgIpc) is 3.18. The summed E-state index contributed by atoms with van der Waals surface area (Å²) in [7, 11) is 0. The molecule has 3 rings (SSSR count). The molecule has 106 valence electrons. The molecule has 0 radical (unpaired) electrons. The van der Waals surface area contributed by atoms with Gasteiger partial charge in [-0.2, -0.15) is 5.10 Å². The van der Waals surface area contributed by atoms with Gasteiger partial charge < -0.3 is 5.32 Å². The standard InChI is InChI=1S/C16H22N4/c1-2-6-14(7-3-1)16(19-15-8-4-5-9-15)10-11-20-13-17-12-18-20/h1-3,6-7,12-13,15-16,19H,4-5,8-11H2/t16-/m1/s1. The molecule has 1 aromatic heterocycles. The van der Waals surface area contributed by atoms with E-state index < -0.39 is 0 Å². The van der Waals surface area contributed by atoms with E-state index in [9.17, 15) is 0 Å². The molecule has 1 atom stereocenters. The third kappa shape index (κ3) is 3.45. The largest absolute Gasteiger partial charge is 0.307 e. The number of benzene rings is 1. The summed E-state index contributed by atoms with van der Waals surface area (Å²) in [5.74, 6) is 0. The summed E-state index contributed by atoms with van der Waals surface area (Å²) < 4.78 is 1.91. The van der Waals surface area contributed by atoms with Crippen molar-refractivity contribution >= 4 is 0 Å². The van der Waals surface area contributed by atoms with Crippen molar-refractivity contribution in [3.05, 3.63) is 48.5 Å². The first kappa shape index (κ1) is 13.3. The number of rotatable bonds is 6. The first-order valence-electron chi connectivity index (χ1n) is 7.55. The molecule has 1 aliphatic rings. The highest BCUT2D eigenvalue weighted by Crippen LogP contribution is 2.24. The molecule has 1 fully saturated rings. The molecular weight excluding hydrogens is 248 g/mol. The molecule has 2 aromatic rings. The third-order valence-corrected chi connectivity index (χ3v) is 4.11. The Morgan fingerprint density at radius 3 is 2.70 bits per heavy atom. The van der Waals surface area contributed by atoms with Crippen molar-refractivity contribution in [1.82, 2.24) is 20.1 Å². The van der Waals surface area contributed by atoms with Crippen LogP contribution >= 0.6 is 0 Å². The van der Waals surface area contributed by atoms with Crippen LogP contribution in [0.1, 0.15) is 43.7 Å². The van der Waals surface area contributed by atoms with Crippen molar-refractivity contribution in [2.45, 2.75) is 50.7 Å². The minimum absolute atomic E-state index is 0.406. The van der Waals surface area contributed by atoms with E-state index in [1.165, 1.54) is 31.2 Å². The zero-order valence-electron chi connectivity index (χ0n) is 11.8. The highest BCUT2D eigenvalue weighted by molar-refractivity contribution is 5.19. The van der Waals surface area contributed by atoms with Crippen LogP contribution in [0.15, 0.2) is 43.0 Å². The Morgan fingerprint density at radius 2 is 2.00 bits per heavy atom. The number of nitrogens with one attached hydrogen (secondary N) is 1. The van der Waals surface area contributed by atoms with Gasteiger partial charge >= 0.3 is 0 Å². The number of hydrogen-bond acceptors (Lipinski definition) is 3. The van der Waals surface area contributed by atoms with Gasteiger partial charge in [-0.3, -0.25) is 4.68 Å². The number of aromatic nitrogens is 3. The van der Waals surface area contributed by atoms with E-state index in [0.29, 0.717) is 12.1 Å². The van der Waals surface area contributed by atoms with Crippen molar-refractivity contribution in [3.8, 4) is 0 Å². The van der Waals surface area contributed by atoms with Gasteiger partial charge in [-0.15, -0.1) is 0 Å². The lowest BCUT2D eigenvalue weighted by Crippen LogP contribution is -2.31. The molecule has 4 nitrogen and oxygen atoms in total. The molecule has 1 heterocycles. The lowest BCUT2D eigenvalue weighted by molar-refractivity contribution is 0.393. The van der Waals surface area contributed by atoms with Gasteiger partial charge in [0.15, 0.2) is 0 Å². The molecule has 0 saturated heterocycles. The number of hydrogen-bond donors (Lipinski definition) is 1. The van der Waals surface area contributed by atoms with Gasteiger partial charge in [0.05, 0.1) is 0 Å². The number of aryl methyl sites for hydroxylation is 1. The van der Waals surface area contributed by atoms with E-state index in [2.05, 4.69) is 45.7 Å². The Balaban J connectivity index is 1.65. The molecule has 1 saturated carbocycles. The predicted molar refractivity (Wildman–Crippen MR) is 79.2 cm³/mol. The quantitative estimate of drug-likeness (QED) is 0.877. The van der Waals surface area contributed by atoms with E-state index in [0.717, 1.165) is 13.0 Å². The van der Waals surface area contributed by atoms with E-state index >= 15 is 0 Å². The second-order valence-corrected chi connectivity index (χ2v) is 5.56. The summed E-state index contributed by atoms with van der Waals surface area (Å²) in [4.78, 5) is 4.01. The normalized spacial score (nSPS) is 17.4. The van der Waals surface area contributed by atoms with Gasteiger partial charge in [0, 0.05) is 18.6 Å². The molecule has 0 bridgehead atoms. The highest BCUT2D eigenvalue weighted by atomic mass is 15.3. The molecule has 0 unspecified atom stereocenters. The van der Waals surface area contributed by atoms with Crippen LogP contribution in [0.25, 0.3) is 0 Å². The SMILES string of the molecule is c1ccc([C@@H](CCn2cncn2)NC2CCCC2)cc1. The van der Waals surface area contributed by atoms with E-state index in [4.69, 9.17) is 0 Å². The van der Waals surface area contributed by atoms with Crippen molar-refractivity contribution < 1.29 is 0 Å². The first-order chi connectivity index (χ1) is 9.92. The summed E-state index contributed by atoms with van der Waals surface area (Å²) >= 11 is 0. The van der Waals surface area contributed by atoms with Crippen LogP contribution in [-0.2, 0) is 6.54 Å². The van der Waals surface area contributed by atoms with Crippen LogP contribution < -0.4 is 5.32 Å². The molecule has 0 amide bonds. The second kappa shape index (κ2) is 6.66. The molecular formula is C16H22N4. The fourth-order valence-electron chi connectivity index (χ4n) is 3.02. The van der Waals surface area contributed by atoms with Gasteiger partial charge in [-0.1, -0.05) is 43.2 Å². The van der Waals surface area contributed by atoms with Crippen LogP contribution in [0.2, 0.25) is 0 Å². The van der Waals surface area contributed by atoms with Crippen LogP contribution in [0, 0.1) is 0 Å². The third-order valence-electron chi connectivity index (χ3n) is 4.11. The highest BCUT2D eigenvalue weighted by Gasteiger charge is 2.20. The lowest BCUT2D eigenvalue weighted by atomic mass is 10.0. The molecule has 4 heteroatoms. The van der Waals surface area contributed by atoms with E-state index in [-0.39, 0.29) is 0 Å². The molecule has 0 spiro atoms. The fraction of sp³-hybridized carbons (Fsp3) is 0.500. The van der Waals surface area contributed by atoms with Gasteiger partial charge in [-0.25, -0.2) is 4.98 Å². The van der Waals surface area contributed by atoms with E-state index in [1.807, 2.05) is 4.68 Å². The van der Waals surface area contributed by atoms with E-state index in [1.54, 1.807) is 12.7 Å². The summed E-state index contributed by atoms with van der Waals surface area (Å²) in [5.41, 5.74) is 1.37. The average molecular weight is 270 g/mol. The molecule has 1 aliphatic carbocycles. The van der Waals surface area contributed by atoms with Crippen molar-refractivity contribution in [2.24, 2.45) is 0 Å². The monoisotopic (exact) mass is 270 g/mol.